The zero-order valence-electron chi connectivity index (χ0n) is 10.1. The van der Waals surface area contributed by atoms with Crippen LogP contribution in [-0.2, 0) is 0 Å². The second kappa shape index (κ2) is 6.93. The zero-order chi connectivity index (χ0) is 13.5. The largest absolute Gasteiger partial charge is 0.432 e. The number of halogens is 3. The molecule has 0 bridgehead atoms. The van der Waals surface area contributed by atoms with Crippen LogP contribution in [0.15, 0.2) is 30.9 Å². The molecular weight excluding hydrogens is 243 g/mol. The molecule has 2 nitrogen and oxygen atoms in total. The number of anilines is 1. The molecule has 1 rings (SSSR count). The quantitative estimate of drug-likeness (QED) is 0.741. The molecular formula is C13H16F3NO. The van der Waals surface area contributed by atoms with E-state index in [2.05, 4.69) is 16.6 Å². The van der Waals surface area contributed by atoms with Crippen molar-refractivity contribution in [2.24, 2.45) is 0 Å². The van der Waals surface area contributed by atoms with Gasteiger partial charge in [-0.25, -0.2) is 4.39 Å². The molecule has 0 radical (unpaired) electrons. The molecule has 0 aliphatic rings. The number of rotatable bonds is 7. The summed E-state index contributed by atoms with van der Waals surface area (Å²) in [6.45, 7) is 2.54. The molecule has 0 saturated heterocycles. The summed E-state index contributed by atoms with van der Waals surface area (Å²) < 4.78 is 41.3. The van der Waals surface area contributed by atoms with Crippen molar-refractivity contribution in [2.75, 3.05) is 5.32 Å². The second-order valence-electron chi connectivity index (χ2n) is 3.94. The first kappa shape index (κ1) is 14.4. The van der Waals surface area contributed by atoms with Crippen LogP contribution in [-0.4, -0.2) is 12.7 Å². The van der Waals surface area contributed by atoms with Gasteiger partial charge < -0.3 is 10.1 Å². The van der Waals surface area contributed by atoms with Gasteiger partial charge in [0.2, 0.25) is 0 Å². The fourth-order valence-electron chi connectivity index (χ4n) is 1.51. The number of allylic oxidation sites excluding steroid dienone is 1. The summed E-state index contributed by atoms with van der Waals surface area (Å²) in [5.41, 5.74) is 0.533. The van der Waals surface area contributed by atoms with Gasteiger partial charge in [0.05, 0.1) is 0 Å². The van der Waals surface area contributed by atoms with E-state index < -0.39 is 18.2 Å². The Morgan fingerprint density at radius 2 is 2.17 bits per heavy atom. The lowest BCUT2D eigenvalue weighted by Crippen LogP contribution is -2.14. The van der Waals surface area contributed by atoms with Crippen LogP contribution >= 0.6 is 0 Å². The summed E-state index contributed by atoms with van der Waals surface area (Å²) in [6.07, 6.45) is 3.52. The number of hydrogen-bond donors (Lipinski definition) is 1. The smallest absolute Gasteiger partial charge is 0.387 e. The summed E-state index contributed by atoms with van der Waals surface area (Å²) in [5.74, 6) is -1.26. The Bertz CT molecular complexity index is 396. The minimum Gasteiger partial charge on any atom is -0.432 e. The molecule has 100 valence electrons. The summed E-state index contributed by atoms with van der Waals surface area (Å²) in [6, 6.07) is 3.97. The van der Waals surface area contributed by atoms with Gasteiger partial charge in [-0.2, -0.15) is 8.78 Å². The van der Waals surface area contributed by atoms with E-state index in [4.69, 9.17) is 0 Å². The van der Waals surface area contributed by atoms with Crippen molar-refractivity contribution in [1.29, 1.82) is 0 Å². The zero-order valence-corrected chi connectivity index (χ0v) is 10.1. The minimum atomic E-state index is -3.02. The average Bonchev–Trinajstić information content (AvgIpc) is 2.29. The fourth-order valence-corrected chi connectivity index (χ4v) is 1.51. The van der Waals surface area contributed by atoms with Crippen LogP contribution in [0.4, 0.5) is 18.9 Å². The number of hydrogen-bond acceptors (Lipinski definition) is 2. The van der Waals surface area contributed by atoms with Crippen molar-refractivity contribution in [1.82, 2.24) is 0 Å². The van der Waals surface area contributed by atoms with Gasteiger partial charge in [0.15, 0.2) is 11.6 Å². The Balaban J connectivity index is 2.63. The molecule has 5 heteroatoms. The van der Waals surface area contributed by atoms with Crippen molar-refractivity contribution in [3.63, 3.8) is 0 Å². The van der Waals surface area contributed by atoms with Crippen LogP contribution in [0.5, 0.6) is 5.75 Å². The molecule has 0 aliphatic carbocycles. The van der Waals surface area contributed by atoms with E-state index >= 15 is 0 Å². The number of ether oxygens (including phenoxy) is 1. The Morgan fingerprint density at radius 1 is 1.44 bits per heavy atom. The van der Waals surface area contributed by atoms with Gasteiger partial charge in [-0.3, -0.25) is 0 Å². The first-order valence-corrected chi connectivity index (χ1v) is 5.64. The lowest BCUT2D eigenvalue weighted by atomic mass is 10.1. The van der Waals surface area contributed by atoms with E-state index in [1.165, 1.54) is 12.1 Å². The Kier molecular flexibility index (Phi) is 5.55. The lowest BCUT2D eigenvalue weighted by Gasteiger charge is -2.15. The van der Waals surface area contributed by atoms with Crippen molar-refractivity contribution in [3.05, 3.63) is 36.7 Å². The van der Waals surface area contributed by atoms with E-state index in [-0.39, 0.29) is 6.04 Å². The summed E-state index contributed by atoms with van der Waals surface area (Å²) >= 11 is 0. The minimum absolute atomic E-state index is 0.143. The lowest BCUT2D eigenvalue weighted by molar-refractivity contribution is -0.0521. The summed E-state index contributed by atoms with van der Waals surface area (Å²) in [4.78, 5) is 0. The Labute approximate surface area is 104 Å². The molecule has 1 atom stereocenters. The highest BCUT2D eigenvalue weighted by Crippen LogP contribution is 2.23. The van der Waals surface area contributed by atoms with Crippen LogP contribution in [0, 0.1) is 5.82 Å². The summed E-state index contributed by atoms with van der Waals surface area (Å²) in [7, 11) is 0. The molecule has 0 amide bonds. The predicted molar refractivity (Wildman–Crippen MR) is 65.5 cm³/mol. The third kappa shape index (κ3) is 4.69. The van der Waals surface area contributed by atoms with Crippen LogP contribution in [0.2, 0.25) is 0 Å². The number of benzene rings is 1. The normalized spacial score (nSPS) is 12.3. The molecule has 1 aromatic rings. The van der Waals surface area contributed by atoms with Crippen LogP contribution in [0.3, 0.4) is 0 Å². The average molecular weight is 259 g/mol. The van der Waals surface area contributed by atoms with Gasteiger partial charge in [-0.05, 0) is 31.9 Å². The maximum absolute atomic E-state index is 13.4. The maximum Gasteiger partial charge on any atom is 0.387 e. The van der Waals surface area contributed by atoms with E-state index in [0.29, 0.717) is 5.69 Å². The molecule has 0 fully saturated rings. The van der Waals surface area contributed by atoms with Gasteiger partial charge >= 0.3 is 6.61 Å². The molecule has 1 N–H and O–H groups in total. The molecule has 1 aromatic carbocycles. The van der Waals surface area contributed by atoms with E-state index in [9.17, 15) is 13.2 Å². The highest BCUT2D eigenvalue weighted by atomic mass is 19.3. The predicted octanol–water partition coefficient (Wildman–Crippen LogP) is 4.19. The Morgan fingerprint density at radius 3 is 2.72 bits per heavy atom. The van der Waals surface area contributed by atoms with Crippen LogP contribution in [0.25, 0.3) is 0 Å². The van der Waals surface area contributed by atoms with Crippen molar-refractivity contribution in [2.45, 2.75) is 32.4 Å². The first-order chi connectivity index (χ1) is 8.52. The van der Waals surface area contributed by atoms with E-state index in [1.807, 2.05) is 6.92 Å². The molecule has 1 unspecified atom stereocenters. The van der Waals surface area contributed by atoms with Gasteiger partial charge in [-0.1, -0.05) is 6.08 Å². The summed E-state index contributed by atoms with van der Waals surface area (Å²) in [5, 5.41) is 3.07. The molecule has 0 aromatic heterocycles. The molecule has 0 saturated carbocycles. The molecule has 0 spiro atoms. The van der Waals surface area contributed by atoms with Crippen LogP contribution < -0.4 is 10.1 Å². The topological polar surface area (TPSA) is 21.3 Å². The highest BCUT2D eigenvalue weighted by Gasteiger charge is 2.10. The van der Waals surface area contributed by atoms with E-state index in [1.54, 1.807) is 6.08 Å². The fraction of sp³-hybridized carbons (Fsp3) is 0.385. The van der Waals surface area contributed by atoms with Gasteiger partial charge in [0.1, 0.15) is 0 Å². The van der Waals surface area contributed by atoms with Gasteiger partial charge in [-0.15, -0.1) is 6.58 Å². The molecule has 0 heterocycles. The van der Waals surface area contributed by atoms with E-state index in [0.717, 1.165) is 18.9 Å². The molecule has 0 aliphatic heterocycles. The highest BCUT2D eigenvalue weighted by molar-refractivity contribution is 5.47. The number of nitrogens with one attached hydrogen (secondary N) is 1. The van der Waals surface area contributed by atoms with Crippen molar-refractivity contribution >= 4 is 5.69 Å². The maximum atomic E-state index is 13.4. The standard InChI is InChI=1S/C13H16F3NO/c1-3-4-5-9(2)17-10-6-7-12(11(14)8-10)18-13(15)16/h3,6-9,13,17H,1,4-5H2,2H3. The third-order valence-electron chi connectivity index (χ3n) is 2.36. The Hall–Kier alpha value is -1.65. The third-order valence-corrected chi connectivity index (χ3v) is 2.36. The van der Waals surface area contributed by atoms with Crippen molar-refractivity contribution < 1.29 is 17.9 Å². The molecule has 18 heavy (non-hydrogen) atoms. The second-order valence-corrected chi connectivity index (χ2v) is 3.94. The first-order valence-electron chi connectivity index (χ1n) is 5.64. The monoisotopic (exact) mass is 259 g/mol. The van der Waals surface area contributed by atoms with Crippen LogP contribution in [0.1, 0.15) is 19.8 Å². The van der Waals surface area contributed by atoms with Gasteiger partial charge in [0, 0.05) is 17.8 Å². The van der Waals surface area contributed by atoms with Gasteiger partial charge in [0.25, 0.3) is 0 Å². The SMILES string of the molecule is C=CCCC(C)Nc1ccc(OC(F)F)c(F)c1. The number of alkyl halides is 2. The van der Waals surface area contributed by atoms with Crippen molar-refractivity contribution in [3.8, 4) is 5.75 Å².